The molecule has 0 bridgehead atoms. The smallest absolute Gasteiger partial charge is 0.379 e. The molecule has 0 saturated carbocycles. The molecule has 1 aromatic carbocycles. The predicted octanol–water partition coefficient (Wildman–Crippen LogP) is 3.93. The van der Waals surface area contributed by atoms with Crippen LogP contribution in [0, 0.1) is 0 Å². The topological polar surface area (TPSA) is 105 Å². The zero-order chi connectivity index (χ0) is 27.4. The second-order valence-electron chi connectivity index (χ2n) is 10.8. The van der Waals surface area contributed by atoms with Crippen molar-refractivity contribution in [3.05, 3.63) is 59.4 Å². The van der Waals surface area contributed by atoms with Crippen LogP contribution < -0.4 is 0 Å². The number of alkyl halides is 3. The fourth-order valence-corrected chi connectivity index (χ4v) is 5.69. The number of ether oxygens (including phenoxy) is 1. The standard InChI is InChI=1S/C27H30F3N7O2/c1-25(38,37-9-4-3-5-10-37)24-23-19(12-20(32-24)27(28,29)30)22(34-35-23)17-7-6-8-18(11-17)26(14-39-15-26)13-21-33-31-16-36(21)2/h6-8,11-12,16,38H,3-5,9-10,13-15H2,1-2H3,(H,34,35)/t25-/m1/s1. The van der Waals surface area contributed by atoms with Gasteiger partial charge in [0.1, 0.15) is 29.2 Å². The lowest BCUT2D eigenvalue weighted by Crippen LogP contribution is -2.49. The molecule has 2 saturated heterocycles. The maximum atomic E-state index is 14.0. The van der Waals surface area contributed by atoms with Gasteiger partial charge in [-0.25, -0.2) is 4.98 Å². The number of hydrogen-bond donors (Lipinski definition) is 2. The number of nitrogens with zero attached hydrogens (tertiary/aromatic N) is 6. The molecule has 4 aromatic rings. The zero-order valence-corrected chi connectivity index (χ0v) is 21.8. The van der Waals surface area contributed by atoms with Crippen LogP contribution in [0.1, 0.15) is 49.0 Å². The number of benzene rings is 1. The third-order valence-electron chi connectivity index (χ3n) is 8.07. The van der Waals surface area contributed by atoms with Gasteiger partial charge in [-0.2, -0.15) is 18.3 Å². The molecule has 0 radical (unpaired) electrons. The molecule has 0 aliphatic carbocycles. The van der Waals surface area contributed by atoms with Crippen molar-refractivity contribution in [1.29, 1.82) is 0 Å². The molecule has 3 aromatic heterocycles. The van der Waals surface area contributed by atoms with E-state index in [2.05, 4.69) is 25.4 Å². The summed E-state index contributed by atoms with van der Waals surface area (Å²) in [7, 11) is 1.89. The van der Waals surface area contributed by atoms with Gasteiger partial charge in [0, 0.05) is 42.9 Å². The first kappa shape index (κ1) is 25.9. The molecule has 0 amide bonds. The molecular formula is C27H30F3N7O2. The molecule has 1 atom stereocenters. The average molecular weight is 542 g/mol. The minimum Gasteiger partial charge on any atom is -0.379 e. The third-order valence-corrected chi connectivity index (χ3v) is 8.07. The van der Waals surface area contributed by atoms with Crippen LogP contribution in [0.5, 0.6) is 0 Å². The van der Waals surface area contributed by atoms with Crippen molar-refractivity contribution in [2.75, 3.05) is 26.3 Å². The number of aliphatic hydroxyl groups is 1. The maximum absolute atomic E-state index is 14.0. The largest absolute Gasteiger partial charge is 0.433 e. The number of pyridine rings is 1. The molecule has 9 nitrogen and oxygen atoms in total. The Bertz CT molecular complexity index is 1500. The van der Waals surface area contributed by atoms with E-state index in [-0.39, 0.29) is 16.5 Å². The van der Waals surface area contributed by atoms with E-state index in [1.165, 1.54) is 6.92 Å². The van der Waals surface area contributed by atoms with Crippen molar-refractivity contribution in [2.45, 2.75) is 49.9 Å². The van der Waals surface area contributed by atoms with Crippen LogP contribution in [-0.4, -0.2) is 66.3 Å². The fourth-order valence-electron chi connectivity index (χ4n) is 5.69. The van der Waals surface area contributed by atoms with E-state index in [9.17, 15) is 18.3 Å². The van der Waals surface area contributed by atoms with Gasteiger partial charge in [0.25, 0.3) is 0 Å². The van der Waals surface area contributed by atoms with Crippen molar-refractivity contribution in [3.8, 4) is 11.3 Å². The Hall–Kier alpha value is -3.35. The van der Waals surface area contributed by atoms with E-state index in [1.807, 2.05) is 35.9 Å². The van der Waals surface area contributed by atoms with Gasteiger partial charge in [0.2, 0.25) is 0 Å². The van der Waals surface area contributed by atoms with Crippen molar-refractivity contribution < 1.29 is 23.0 Å². The van der Waals surface area contributed by atoms with Gasteiger partial charge in [-0.1, -0.05) is 24.6 Å². The van der Waals surface area contributed by atoms with Crippen molar-refractivity contribution in [1.82, 2.24) is 34.8 Å². The Balaban J connectivity index is 1.45. The van der Waals surface area contributed by atoms with E-state index in [0.717, 1.165) is 36.7 Å². The highest BCUT2D eigenvalue weighted by Crippen LogP contribution is 2.41. The molecule has 0 spiro atoms. The number of piperidine rings is 1. The first-order chi connectivity index (χ1) is 18.6. The third kappa shape index (κ3) is 4.50. The van der Waals surface area contributed by atoms with E-state index < -0.39 is 17.6 Å². The van der Waals surface area contributed by atoms with Crippen LogP contribution in [-0.2, 0) is 35.5 Å². The first-order valence-electron chi connectivity index (χ1n) is 13.0. The summed E-state index contributed by atoms with van der Waals surface area (Å²) in [6, 6.07) is 8.65. The highest BCUT2D eigenvalue weighted by molar-refractivity contribution is 5.94. The summed E-state index contributed by atoms with van der Waals surface area (Å²) in [5.41, 5.74) is -0.867. The Morgan fingerprint density at radius 1 is 1.13 bits per heavy atom. The quantitative estimate of drug-likeness (QED) is 0.381. The van der Waals surface area contributed by atoms with E-state index >= 15 is 0 Å². The Labute approximate surface area is 223 Å². The monoisotopic (exact) mass is 541 g/mol. The number of H-pyrrole nitrogens is 1. The molecule has 2 aliphatic heterocycles. The summed E-state index contributed by atoms with van der Waals surface area (Å²) in [6.07, 6.45) is 0.307. The number of likely N-dealkylation sites (tertiary alicyclic amines) is 1. The number of rotatable bonds is 6. The van der Waals surface area contributed by atoms with E-state index in [4.69, 9.17) is 4.74 Å². The molecule has 2 fully saturated rings. The summed E-state index contributed by atoms with van der Waals surface area (Å²) in [5, 5.41) is 27.3. The Morgan fingerprint density at radius 2 is 1.90 bits per heavy atom. The number of hydrogen-bond acceptors (Lipinski definition) is 7. The summed E-state index contributed by atoms with van der Waals surface area (Å²) >= 11 is 0. The van der Waals surface area contributed by atoms with Crippen LogP contribution in [0.3, 0.4) is 0 Å². The van der Waals surface area contributed by atoms with Crippen LogP contribution in [0.15, 0.2) is 36.7 Å². The molecule has 12 heteroatoms. The summed E-state index contributed by atoms with van der Waals surface area (Å²) in [5.74, 6) is 0.819. The normalized spacial score (nSPS) is 19.6. The lowest BCUT2D eigenvalue weighted by Gasteiger charge is -2.41. The summed E-state index contributed by atoms with van der Waals surface area (Å²) < 4.78 is 49.6. The van der Waals surface area contributed by atoms with Crippen molar-refractivity contribution in [2.24, 2.45) is 7.05 Å². The van der Waals surface area contributed by atoms with Gasteiger partial charge in [0.15, 0.2) is 5.72 Å². The van der Waals surface area contributed by atoms with Crippen LogP contribution in [0.2, 0.25) is 0 Å². The lowest BCUT2D eigenvalue weighted by molar-refractivity contribution is -0.143. The number of aromatic amines is 1. The predicted molar refractivity (Wildman–Crippen MR) is 137 cm³/mol. The fraction of sp³-hybridized carbons (Fsp3) is 0.481. The highest BCUT2D eigenvalue weighted by Gasteiger charge is 2.43. The molecule has 5 heterocycles. The van der Waals surface area contributed by atoms with E-state index in [0.29, 0.717) is 49.5 Å². The number of fused-ring (bicyclic) bond motifs is 1. The van der Waals surface area contributed by atoms with Crippen molar-refractivity contribution in [3.63, 3.8) is 0 Å². The zero-order valence-electron chi connectivity index (χ0n) is 21.8. The molecule has 39 heavy (non-hydrogen) atoms. The molecular weight excluding hydrogens is 511 g/mol. The number of aromatic nitrogens is 6. The number of nitrogens with one attached hydrogen (secondary N) is 1. The average Bonchev–Trinajstić information content (AvgIpc) is 3.51. The Kier molecular flexibility index (Phi) is 6.23. The van der Waals surface area contributed by atoms with Crippen LogP contribution in [0.25, 0.3) is 22.2 Å². The minimum atomic E-state index is -4.69. The minimum absolute atomic E-state index is 0.0738. The molecule has 206 valence electrons. The molecule has 0 unspecified atom stereocenters. The second-order valence-corrected chi connectivity index (χ2v) is 10.8. The highest BCUT2D eigenvalue weighted by atomic mass is 19.4. The molecule has 2 aliphatic rings. The first-order valence-corrected chi connectivity index (χ1v) is 13.0. The van der Waals surface area contributed by atoms with Gasteiger partial charge < -0.3 is 14.4 Å². The van der Waals surface area contributed by atoms with Gasteiger partial charge >= 0.3 is 6.18 Å². The van der Waals surface area contributed by atoms with Gasteiger partial charge in [-0.15, -0.1) is 10.2 Å². The van der Waals surface area contributed by atoms with Gasteiger partial charge in [0.05, 0.1) is 18.7 Å². The molecule has 2 N–H and O–H groups in total. The second kappa shape index (κ2) is 9.39. The number of aryl methyl sites for hydroxylation is 1. The van der Waals surface area contributed by atoms with E-state index in [1.54, 1.807) is 11.2 Å². The van der Waals surface area contributed by atoms with Crippen molar-refractivity contribution >= 4 is 10.9 Å². The Morgan fingerprint density at radius 3 is 2.54 bits per heavy atom. The van der Waals surface area contributed by atoms with Gasteiger partial charge in [-0.05, 0) is 37.5 Å². The lowest BCUT2D eigenvalue weighted by atomic mass is 9.75. The van der Waals surface area contributed by atoms with Crippen LogP contribution in [0.4, 0.5) is 13.2 Å². The number of halogens is 3. The van der Waals surface area contributed by atoms with Gasteiger partial charge in [-0.3, -0.25) is 10.00 Å². The maximum Gasteiger partial charge on any atom is 0.433 e. The summed E-state index contributed by atoms with van der Waals surface area (Å²) in [4.78, 5) is 5.72. The summed E-state index contributed by atoms with van der Waals surface area (Å²) in [6.45, 7) is 3.65. The molecule has 6 rings (SSSR count). The SMILES string of the molecule is Cn1cnnc1CC1(c2cccc(-c3n[nH]c4c([C@@](C)(O)N5CCCCC5)nc(C(F)(F)F)cc34)c2)COC1. The van der Waals surface area contributed by atoms with Crippen LogP contribution >= 0.6 is 0 Å².